The fourth-order valence-corrected chi connectivity index (χ4v) is 3.80. The highest BCUT2D eigenvalue weighted by atomic mass is 32.1. The van der Waals surface area contributed by atoms with Gasteiger partial charge in [0.2, 0.25) is 17.7 Å². The number of hydrogen-bond acceptors (Lipinski definition) is 6. The summed E-state index contributed by atoms with van der Waals surface area (Å²) in [7, 11) is 0. The average molecular weight is 450 g/mol. The summed E-state index contributed by atoms with van der Waals surface area (Å²) in [5.41, 5.74) is 2.40. The molecule has 0 spiro atoms. The van der Waals surface area contributed by atoms with E-state index in [1.165, 1.54) is 30.4 Å². The standard InChI is InChI=1S/C23H19FN4O3S/c1-13-19(26-22(31-13)15-6-4-3-5-7-15)11-21(30)28-23-27-20(12-32-23)17-9-8-16(10-18(17)24)25-14(2)29/h3-10,12H,11H2,1-2H3,(H,25,29)(H,27,28,30). The Morgan fingerprint density at radius 2 is 1.88 bits per heavy atom. The number of oxazole rings is 1. The van der Waals surface area contributed by atoms with Gasteiger partial charge in [0.15, 0.2) is 5.13 Å². The number of carbonyl (C=O) groups is 2. The minimum atomic E-state index is -0.522. The van der Waals surface area contributed by atoms with E-state index in [0.717, 1.165) is 5.56 Å². The van der Waals surface area contributed by atoms with Crippen LogP contribution in [0.3, 0.4) is 0 Å². The number of rotatable bonds is 6. The second-order valence-electron chi connectivity index (χ2n) is 7.03. The third kappa shape index (κ3) is 4.89. The molecule has 0 aliphatic rings. The molecule has 0 unspecified atom stereocenters. The fraction of sp³-hybridized carbons (Fsp3) is 0.130. The zero-order valence-corrected chi connectivity index (χ0v) is 18.1. The van der Waals surface area contributed by atoms with Gasteiger partial charge in [-0.2, -0.15) is 0 Å². The van der Waals surface area contributed by atoms with E-state index in [1.807, 2.05) is 30.3 Å². The molecule has 4 rings (SSSR count). The van der Waals surface area contributed by atoms with Gasteiger partial charge in [-0.15, -0.1) is 11.3 Å². The van der Waals surface area contributed by atoms with Gasteiger partial charge in [-0.1, -0.05) is 18.2 Å². The third-order valence-corrected chi connectivity index (χ3v) is 5.32. The second kappa shape index (κ2) is 9.11. The monoisotopic (exact) mass is 450 g/mol. The van der Waals surface area contributed by atoms with Gasteiger partial charge in [0.25, 0.3) is 0 Å². The summed E-state index contributed by atoms with van der Waals surface area (Å²) < 4.78 is 20.1. The molecule has 2 aromatic heterocycles. The predicted molar refractivity (Wildman–Crippen MR) is 121 cm³/mol. The number of thiazole rings is 1. The van der Waals surface area contributed by atoms with E-state index in [2.05, 4.69) is 20.6 Å². The first-order valence-electron chi connectivity index (χ1n) is 9.73. The molecule has 0 radical (unpaired) electrons. The van der Waals surface area contributed by atoms with Gasteiger partial charge in [-0.3, -0.25) is 9.59 Å². The van der Waals surface area contributed by atoms with Crippen LogP contribution in [0.15, 0.2) is 58.3 Å². The van der Waals surface area contributed by atoms with Crippen LogP contribution in [-0.2, 0) is 16.0 Å². The van der Waals surface area contributed by atoms with Crippen LogP contribution < -0.4 is 10.6 Å². The van der Waals surface area contributed by atoms with Crippen LogP contribution in [0.5, 0.6) is 0 Å². The van der Waals surface area contributed by atoms with Gasteiger partial charge in [0.1, 0.15) is 11.6 Å². The van der Waals surface area contributed by atoms with Crippen LogP contribution in [-0.4, -0.2) is 21.8 Å². The minimum absolute atomic E-state index is 0.0247. The van der Waals surface area contributed by atoms with Gasteiger partial charge in [0.05, 0.1) is 17.8 Å². The van der Waals surface area contributed by atoms with Gasteiger partial charge < -0.3 is 15.1 Å². The van der Waals surface area contributed by atoms with Crippen molar-refractivity contribution in [2.45, 2.75) is 20.3 Å². The summed E-state index contributed by atoms with van der Waals surface area (Å²) in [6.07, 6.45) is 0.0247. The smallest absolute Gasteiger partial charge is 0.232 e. The van der Waals surface area contributed by atoms with Crippen molar-refractivity contribution < 1.29 is 18.4 Å². The number of halogens is 1. The lowest BCUT2D eigenvalue weighted by atomic mass is 10.1. The molecule has 0 fully saturated rings. The van der Waals surface area contributed by atoms with E-state index in [4.69, 9.17) is 4.42 Å². The molecule has 0 aliphatic heterocycles. The first-order chi connectivity index (χ1) is 15.4. The molecular weight excluding hydrogens is 431 g/mol. The second-order valence-corrected chi connectivity index (χ2v) is 7.88. The Morgan fingerprint density at radius 3 is 2.59 bits per heavy atom. The Hall–Kier alpha value is -3.85. The molecule has 4 aromatic rings. The van der Waals surface area contributed by atoms with Crippen LogP contribution in [0.4, 0.5) is 15.2 Å². The van der Waals surface area contributed by atoms with Crippen molar-refractivity contribution in [3.63, 3.8) is 0 Å². The molecule has 0 atom stereocenters. The number of aryl methyl sites for hydroxylation is 1. The van der Waals surface area contributed by atoms with Gasteiger partial charge in [0, 0.05) is 29.1 Å². The lowest BCUT2D eigenvalue weighted by Crippen LogP contribution is -2.15. The Kier molecular flexibility index (Phi) is 6.09. The lowest BCUT2D eigenvalue weighted by Gasteiger charge is -2.05. The highest BCUT2D eigenvalue weighted by Gasteiger charge is 2.17. The molecular formula is C23H19FN4O3S. The number of hydrogen-bond donors (Lipinski definition) is 2. The van der Waals surface area contributed by atoms with Crippen molar-refractivity contribution in [2.24, 2.45) is 0 Å². The SMILES string of the molecule is CC(=O)Nc1ccc(-c2csc(NC(=O)Cc3nc(-c4ccccc4)oc3C)n2)c(F)c1. The Morgan fingerprint density at radius 1 is 1.09 bits per heavy atom. The Bertz CT molecular complexity index is 1280. The number of nitrogens with zero attached hydrogens (tertiary/aromatic N) is 2. The fourth-order valence-electron chi connectivity index (χ4n) is 3.07. The maximum absolute atomic E-state index is 14.4. The summed E-state index contributed by atoms with van der Waals surface area (Å²) in [5, 5.41) is 7.25. The van der Waals surface area contributed by atoms with Gasteiger partial charge in [-0.05, 0) is 37.3 Å². The number of carbonyl (C=O) groups excluding carboxylic acids is 2. The maximum atomic E-state index is 14.4. The quantitative estimate of drug-likeness (QED) is 0.428. The zero-order valence-electron chi connectivity index (χ0n) is 17.3. The number of anilines is 2. The Labute approximate surface area is 187 Å². The van der Waals surface area contributed by atoms with E-state index in [0.29, 0.717) is 33.9 Å². The zero-order chi connectivity index (χ0) is 22.7. The molecule has 2 aromatic carbocycles. The molecule has 0 bridgehead atoms. The van der Waals surface area contributed by atoms with Crippen molar-refractivity contribution in [1.82, 2.24) is 9.97 Å². The molecule has 32 heavy (non-hydrogen) atoms. The largest absolute Gasteiger partial charge is 0.441 e. The first-order valence-corrected chi connectivity index (χ1v) is 10.6. The van der Waals surface area contributed by atoms with Crippen molar-refractivity contribution in [3.8, 4) is 22.7 Å². The van der Waals surface area contributed by atoms with Crippen molar-refractivity contribution >= 4 is 34.0 Å². The summed E-state index contributed by atoms with van der Waals surface area (Å²) >= 11 is 1.19. The first kappa shape index (κ1) is 21.4. The van der Waals surface area contributed by atoms with Gasteiger partial charge in [-0.25, -0.2) is 14.4 Å². The van der Waals surface area contributed by atoms with E-state index < -0.39 is 5.82 Å². The summed E-state index contributed by atoms with van der Waals surface area (Å²) in [6.45, 7) is 3.11. The van der Waals surface area contributed by atoms with Crippen LogP contribution in [0.1, 0.15) is 18.4 Å². The topological polar surface area (TPSA) is 97.1 Å². The van der Waals surface area contributed by atoms with E-state index in [9.17, 15) is 14.0 Å². The molecule has 2 N–H and O–H groups in total. The van der Waals surface area contributed by atoms with Crippen LogP contribution in [0.2, 0.25) is 0 Å². The predicted octanol–water partition coefficient (Wildman–Crippen LogP) is 5.05. The van der Waals surface area contributed by atoms with Gasteiger partial charge >= 0.3 is 0 Å². The molecule has 7 nitrogen and oxygen atoms in total. The van der Waals surface area contributed by atoms with E-state index in [-0.39, 0.29) is 23.8 Å². The highest BCUT2D eigenvalue weighted by molar-refractivity contribution is 7.14. The van der Waals surface area contributed by atoms with Crippen LogP contribution in [0, 0.1) is 12.7 Å². The van der Waals surface area contributed by atoms with E-state index in [1.54, 1.807) is 18.4 Å². The summed E-state index contributed by atoms with van der Waals surface area (Å²) in [6, 6.07) is 13.8. The lowest BCUT2D eigenvalue weighted by molar-refractivity contribution is -0.116. The molecule has 2 heterocycles. The maximum Gasteiger partial charge on any atom is 0.232 e. The minimum Gasteiger partial charge on any atom is -0.441 e. The van der Waals surface area contributed by atoms with Crippen molar-refractivity contribution in [3.05, 3.63) is 71.2 Å². The molecule has 9 heteroatoms. The number of nitrogens with one attached hydrogen (secondary N) is 2. The molecule has 0 saturated heterocycles. The van der Waals surface area contributed by atoms with Crippen LogP contribution >= 0.6 is 11.3 Å². The number of amides is 2. The summed E-state index contributed by atoms with van der Waals surface area (Å²) in [5.74, 6) is -0.0793. The number of benzene rings is 2. The number of aromatic nitrogens is 2. The highest BCUT2D eigenvalue weighted by Crippen LogP contribution is 2.29. The molecule has 162 valence electrons. The Balaban J connectivity index is 1.44. The normalized spacial score (nSPS) is 10.7. The third-order valence-electron chi connectivity index (χ3n) is 4.56. The van der Waals surface area contributed by atoms with E-state index >= 15 is 0 Å². The molecule has 0 saturated carbocycles. The molecule has 2 amide bonds. The van der Waals surface area contributed by atoms with Crippen molar-refractivity contribution in [2.75, 3.05) is 10.6 Å². The van der Waals surface area contributed by atoms with Crippen molar-refractivity contribution in [1.29, 1.82) is 0 Å². The molecule has 0 aliphatic carbocycles. The van der Waals surface area contributed by atoms with Crippen LogP contribution in [0.25, 0.3) is 22.7 Å². The average Bonchev–Trinajstić information content (AvgIpc) is 3.35. The summed E-state index contributed by atoms with van der Waals surface area (Å²) in [4.78, 5) is 32.4.